The average Bonchev–Trinajstić information content (AvgIpc) is 2.85. The van der Waals surface area contributed by atoms with Gasteiger partial charge in [0.25, 0.3) is 0 Å². The summed E-state index contributed by atoms with van der Waals surface area (Å²) in [7, 11) is 1.71. The van der Waals surface area contributed by atoms with Gasteiger partial charge in [-0.25, -0.2) is 0 Å². The summed E-state index contributed by atoms with van der Waals surface area (Å²) >= 11 is 0. The Hall–Kier alpha value is -0.940. The van der Waals surface area contributed by atoms with Gasteiger partial charge in [0.2, 0.25) is 11.7 Å². The van der Waals surface area contributed by atoms with Crippen LogP contribution in [0.25, 0.3) is 0 Å². The second-order valence-electron chi connectivity index (χ2n) is 5.77. The number of rotatable bonds is 5. The van der Waals surface area contributed by atoms with E-state index in [0.29, 0.717) is 11.7 Å². The van der Waals surface area contributed by atoms with E-state index in [1.165, 1.54) is 19.3 Å². The zero-order chi connectivity index (χ0) is 14.6. The minimum absolute atomic E-state index is 0.131. The zero-order valence-corrected chi connectivity index (χ0v) is 12.9. The van der Waals surface area contributed by atoms with Gasteiger partial charge in [-0.2, -0.15) is 4.98 Å². The average molecular weight is 281 g/mol. The Kier molecular flexibility index (Phi) is 5.16. The lowest BCUT2D eigenvalue weighted by Crippen LogP contribution is -2.29. The molecule has 5 heteroatoms. The quantitative estimate of drug-likeness (QED) is 0.839. The third kappa shape index (κ3) is 2.88. The van der Waals surface area contributed by atoms with Gasteiger partial charge in [0.05, 0.1) is 5.92 Å². The van der Waals surface area contributed by atoms with E-state index in [1.807, 2.05) is 0 Å². The van der Waals surface area contributed by atoms with Crippen molar-refractivity contribution >= 4 is 0 Å². The zero-order valence-electron chi connectivity index (χ0n) is 12.9. The van der Waals surface area contributed by atoms with Crippen molar-refractivity contribution < 1.29 is 9.26 Å². The molecule has 1 saturated carbocycles. The van der Waals surface area contributed by atoms with Gasteiger partial charge < -0.3 is 15.0 Å². The molecule has 20 heavy (non-hydrogen) atoms. The fraction of sp³-hybridized carbons (Fsp3) is 0.867. The highest BCUT2D eigenvalue weighted by atomic mass is 16.5. The van der Waals surface area contributed by atoms with Gasteiger partial charge in [-0.15, -0.1) is 0 Å². The van der Waals surface area contributed by atoms with Crippen LogP contribution < -0.4 is 5.73 Å². The molecular weight excluding hydrogens is 254 g/mol. The van der Waals surface area contributed by atoms with Crippen LogP contribution in [-0.4, -0.2) is 23.3 Å². The number of hydrogen-bond acceptors (Lipinski definition) is 5. The second-order valence-corrected chi connectivity index (χ2v) is 5.77. The van der Waals surface area contributed by atoms with Crippen molar-refractivity contribution in [3.05, 3.63) is 11.7 Å². The Morgan fingerprint density at radius 2 is 1.95 bits per heavy atom. The van der Waals surface area contributed by atoms with Crippen molar-refractivity contribution in [1.29, 1.82) is 0 Å². The summed E-state index contributed by atoms with van der Waals surface area (Å²) in [5, 5.41) is 4.17. The molecule has 0 aliphatic heterocycles. The molecule has 1 heterocycles. The number of aromatic nitrogens is 2. The summed E-state index contributed by atoms with van der Waals surface area (Å²) in [6, 6.07) is 0.131. The van der Waals surface area contributed by atoms with Gasteiger partial charge in [0, 0.05) is 13.2 Å². The summed E-state index contributed by atoms with van der Waals surface area (Å²) in [6.07, 6.45) is 7.38. The summed E-state index contributed by atoms with van der Waals surface area (Å²) in [6.45, 7) is 4.17. The highest BCUT2D eigenvalue weighted by Gasteiger charge is 2.35. The van der Waals surface area contributed by atoms with Crippen molar-refractivity contribution in [3.8, 4) is 0 Å². The first-order valence-corrected chi connectivity index (χ1v) is 7.81. The van der Waals surface area contributed by atoms with Crippen LogP contribution in [0.1, 0.15) is 76.4 Å². The van der Waals surface area contributed by atoms with Gasteiger partial charge in [0.1, 0.15) is 5.60 Å². The van der Waals surface area contributed by atoms with E-state index in [1.54, 1.807) is 7.11 Å². The van der Waals surface area contributed by atoms with Crippen LogP contribution in [0.4, 0.5) is 0 Å². The maximum atomic E-state index is 6.27. The van der Waals surface area contributed by atoms with Gasteiger partial charge in [0.15, 0.2) is 0 Å². The van der Waals surface area contributed by atoms with Crippen LogP contribution in [0.5, 0.6) is 0 Å². The molecule has 0 saturated heterocycles. The molecule has 0 spiro atoms. The number of nitrogens with two attached hydrogens (primary N) is 1. The molecule has 2 unspecified atom stereocenters. The van der Waals surface area contributed by atoms with E-state index in [2.05, 4.69) is 24.0 Å². The fourth-order valence-electron chi connectivity index (χ4n) is 3.16. The smallest absolute Gasteiger partial charge is 0.231 e. The molecule has 2 rings (SSSR count). The van der Waals surface area contributed by atoms with Gasteiger partial charge in [-0.05, 0) is 25.7 Å². The second kappa shape index (κ2) is 6.68. The molecule has 1 aromatic heterocycles. The Morgan fingerprint density at radius 3 is 2.60 bits per heavy atom. The topological polar surface area (TPSA) is 74.2 Å². The molecule has 1 fully saturated rings. The van der Waals surface area contributed by atoms with Gasteiger partial charge in [-0.3, -0.25) is 0 Å². The maximum absolute atomic E-state index is 6.27. The standard InChI is InChI=1S/C15H27N3O2/c1-4-15(5-2,19-3)14-17-13(20-18-14)11-9-7-6-8-10-12(11)16/h11-12H,4-10,16H2,1-3H3. The molecule has 0 bridgehead atoms. The van der Waals surface area contributed by atoms with Crippen LogP contribution in [0.3, 0.4) is 0 Å². The van der Waals surface area contributed by atoms with Crippen molar-refractivity contribution in [3.63, 3.8) is 0 Å². The minimum atomic E-state index is -0.434. The Bertz CT molecular complexity index is 407. The highest BCUT2D eigenvalue weighted by Crippen LogP contribution is 2.34. The Balaban J connectivity index is 2.23. The van der Waals surface area contributed by atoms with Crippen LogP contribution >= 0.6 is 0 Å². The summed E-state index contributed by atoms with van der Waals surface area (Å²) in [4.78, 5) is 4.63. The lowest BCUT2D eigenvalue weighted by Gasteiger charge is -2.26. The van der Waals surface area contributed by atoms with Crippen molar-refractivity contribution in [1.82, 2.24) is 10.1 Å². The first-order chi connectivity index (χ1) is 9.66. The Morgan fingerprint density at radius 1 is 1.25 bits per heavy atom. The third-order valence-corrected chi connectivity index (χ3v) is 4.77. The molecule has 0 aromatic carbocycles. The Labute approximate surface area is 121 Å². The summed E-state index contributed by atoms with van der Waals surface area (Å²) in [5.41, 5.74) is 5.83. The van der Waals surface area contributed by atoms with Crippen LogP contribution in [0.15, 0.2) is 4.52 Å². The van der Waals surface area contributed by atoms with Crippen LogP contribution in [0, 0.1) is 0 Å². The van der Waals surface area contributed by atoms with Crippen molar-refractivity contribution in [2.45, 2.75) is 76.4 Å². The number of hydrogen-bond donors (Lipinski definition) is 1. The van der Waals surface area contributed by atoms with E-state index in [0.717, 1.165) is 25.7 Å². The third-order valence-electron chi connectivity index (χ3n) is 4.77. The van der Waals surface area contributed by atoms with E-state index < -0.39 is 5.60 Å². The lowest BCUT2D eigenvalue weighted by atomic mass is 9.94. The van der Waals surface area contributed by atoms with Gasteiger partial charge in [-0.1, -0.05) is 38.3 Å². The first-order valence-electron chi connectivity index (χ1n) is 7.81. The molecule has 1 aromatic rings. The molecule has 1 aliphatic rings. The lowest BCUT2D eigenvalue weighted by molar-refractivity contribution is -0.0306. The number of nitrogens with zero attached hydrogens (tertiary/aromatic N) is 2. The largest absolute Gasteiger partial charge is 0.370 e. The predicted molar refractivity (Wildman–Crippen MR) is 77.4 cm³/mol. The molecule has 5 nitrogen and oxygen atoms in total. The molecule has 114 valence electrons. The van der Waals surface area contributed by atoms with E-state index in [-0.39, 0.29) is 12.0 Å². The monoisotopic (exact) mass is 281 g/mol. The van der Waals surface area contributed by atoms with E-state index in [4.69, 9.17) is 15.0 Å². The van der Waals surface area contributed by atoms with E-state index >= 15 is 0 Å². The molecule has 0 amide bonds. The summed E-state index contributed by atoms with van der Waals surface area (Å²) < 4.78 is 11.2. The van der Waals surface area contributed by atoms with E-state index in [9.17, 15) is 0 Å². The van der Waals surface area contributed by atoms with Crippen LogP contribution in [0.2, 0.25) is 0 Å². The minimum Gasteiger partial charge on any atom is -0.370 e. The SMILES string of the molecule is CCC(CC)(OC)c1noc(C2CCCCCC2N)n1. The first kappa shape index (κ1) is 15.4. The summed E-state index contributed by atoms with van der Waals surface area (Å²) in [5.74, 6) is 1.55. The number of ether oxygens (including phenoxy) is 1. The normalized spacial score (nSPS) is 24.6. The van der Waals surface area contributed by atoms with Crippen molar-refractivity contribution in [2.24, 2.45) is 5.73 Å². The van der Waals surface area contributed by atoms with Gasteiger partial charge >= 0.3 is 0 Å². The molecule has 2 N–H and O–H groups in total. The number of methoxy groups -OCH3 is 1. The molecule has 0 radical (unpaired) electrons. The molecular formula is C15H27N3O2. The fourth-order valence-corrected chi connectivity index (χ4v) is 3.16. The predicted octanol–water partition coefficient (Wildman–Crippen LogP) is 3.11. The molecule has 2 atom stereocenters. The molecule has 1 aliphatic carbocycles. The maximum Gasteiger partial charge on any atom is 0.231 e. The highest BCUT2D eigenvalue weighted by molar-refractivity contribution is 5.05. The van der Waals surface area contributed by atoms with Crippen molar-refractivity contribution in [2.75, 3.05) is 7.11 Å². The van der Waals surface area contributed by atoms with Crippen LogP contribution in [-0.2, 0) is 10.3 Å².